The van der Waals surface area contributed by atoms with Crippen molar-refractivity contribution in [2.75, 3.05) is 85.9 Å². The third-order valence-corrected chi connectivity index (χ3v) is 6.94. The Labute approximate surface area is 537 Å². The molecule has 0 spiro atoms. The lowest BCUT2D eigenvalue weighted by molar-refractivity contribution is 0.0308. The van der Waals surface area contributed by atoms with E-state index < -0.39 is 5.60 Å². The van der Waals surface area contributed by atoms with Crippen LogP contribution < -0.4 is 0 Å². The zero-order valence-corrected chi connectivity index (χ0v) is 51.7. The van der Waals surface area contributed by atoms with E-state index in [1.54, 1.807) is 46.8 Å². The van der Waals surface area contributed by atoms with Crippen LogP contribution in [-0.4, -0.2) is 97.6 Å². The molecule has 464 valence electrons. The maximum Gasteiger partial charge on any atom is 0.147 e. The number of terminal acetylenes is 9. The van der Waals surface area contributed by atoms with E-state index in [1.165, 1.54) is 30.9 Å². The van der Waals surface area contributed by atoms with Crippen LogP contribution in [0.2, 0.25) is 0 Å². The second-order valence-corrected chi connectivity index (χ2v) is 14.9. The first kappa shape index (κ1) is 99.6. The minimum Gasteiger partial charge on any atom is -0.488 e. The summed E-state index contributed by atoms with van der Waals surface area (Å²) in [5, 5.41) is 97.3. The summed E-state index contributed by atoms with van der Waals surface area (Å²) >= 11 is 0. The van der Waals surface area contributed by atoms with Crippen molar-refractivity contribution in [1.29, 1.82) is 63.1 Å². The minimum atomic E-state index is -0.531. The van der Waals surface area contributed by atoms with Gasteiger partial charge < -0.3 is 42.6 Å². The van der Waals surface area contributed by atoms with Gasteiger partial charge in [0.25, 0.3) is 0 Å². The molecule has 3 atom stereocenters. The van der Waals surface area contributed by atoms with Gasteiger partial charge in [-0.15, -0.1) is 57.8 Å². The van der Waals surface area contributed by atoms with Gasteiger partial charge in [-0.3, -0.25) is 0 Å². The van der Waals surface area contributed by atoms with Gasteiger partial charge in [0.05, 0.1) is 193 Å². The zero-order chi connectivity index (χ0) is 70.7. The average molecular weight is 1220 g/mol. The molecule has 0 aliphatic heterocycles. The van der Waals surface area contributed by atoms with E-state index in [-0.39, 0.29) is 70.4 Å². The van der Waals surface area contributed by atoms with Gasteiger partial charge in [0, 0.05) is 12.0 Å². The summed E-state index contributed by atoms with van der Waals surface area (Å²) in [6.07, 6.45) is 53.0. The van der Waals surface area contributed by atoms with Crippen LogP contribution in [0, 0.1) is 271 Å². The maximum absolute atomic E-state index is 8.56. The van der Waals surface area contributed by atoms with Crippen LogP contribution in [0.4, 0.5) is 0 Å². The molecule has 0 amide bonds. The molecule has 0 heterocycles. The number of nitrogens with zero attached hydrogens (tertiary/aromatic N) is 12. The summed E-state index contributed by atoms with van der Waals surface area (Å²) in [6, 6.07) is 22.8. The molecule has 0 aromatic heterocycles. The highest BCUT2D eigenvalue weighted by Gasteiger charge is 2.12. The lowest BCUT2D eigenvalue weighted by Crippen LogP contribution is -2.21. The highest BCUT2D eigenvalue weighted by atomic mass is 16.5. The number of nitriles is 12. The van der Waals surface area contributed by atoms with Crippen molar-refractivity contribution in [2.24, 2.45) is 11.8 Å². The molecule has 90 heavy (non-hydrogen) atoms. The summed E-state index contributed by atoms with van der Waals surface area (Å²) in [4.78, 5) is 0. The van der Waals surface area contributed by atoms with Crippen LogP contribution in [0.25, 0.3) is 0 Å². The van der Waals surface area contributed by atoms with E-state index in [0.29, 0.717) is 89.5 Å². The molecular weight excluding hydrogens is 1140 g/mol. The zero-order valence-electron chi connectivity index (χ0n) is 51.7. The molecule has 0 radical (unpaired) electrons. The van der Waals surface area contributed by atoms with Gasteiger partial charge in [-0.1, -0.05) is 71.7 Å². The highest BCUT2D eigenvalue weighted by molar-refractivity contribution is 5.16. The van der Waals surface area contributed by atoms with Crippen LogP contribution >= 0.6 is 0 Å². The Morgan fingerprint density at radius 3 is 1.32 bits per heavy atom. The third kappa shape index (κ3) is 136. The molecule has 3 unspecified atom stereocenters. The van der Waals surface area contributed by atoms with E-state index in [9.17, 15) is 0 Å². The van der Waals surface area contributed by atoms with Gasteiger partial charge in [-0.25, -0.2) is 0 Å². The minimum absolute atomic E-state index is 0.0571. The molecule has 0 fully saturated rings. The lowest BCUT2D eigenvalue weighted by Gasteiger charge is -2.16. The van der Waals surface area contributed by atoms with E-state index in [1.807, 2.05) is 54.6 Å². The molecule has 0 aromatic carbocycles. The van der Waals surface area contributed by atoms with E-state index in [4.69, 9.17) is 154 Å². The summed E-state index contributed by atoms with van der Waals surface area (Å²) in [5.41, 5.74) is 0.382. The Balaban J connectivity index is -0.0000000990. The predicted octanol–water partition coefficient (Wildman–Crippen LogP) is 8.64. The number of ether oxygens (including phenoxy) is 9. The first-order valence-electron chi connectivity index (χ1n) is 25.5. The molecule has 0 rings (SSSR count). The number of rotatable bonds is 26. The normalized spacial score (nSPS) is 9.00. The van der Waals surface area contributed by atoms with E-state index >= 15 is 0 Å². The Hall–Kier alpha value is -12.4. The van der Waals surface area contributed by atoms with Crippen LogP contribution in [-0.2, 0) is 42.6 Å². The first-order valence-corrected chi connectivity index (χ1v) is 25.5. The molecule has 0 N–H and O–H groups in total. The Kier molecular flexibility index (Phi) is 113. The van der Waals surface area contributed by atoms with Gasteiger partial charge >= 0.3 is 0 Å². The summed E-state index contributed by atoms with van der Waals surface area (Å²) < 4.78 is 43.4. The standard InChI is InChI=1S/C9H10N2O.C8H11NO.2C7H9NO.2C7H7NO.C6H4N2.C6H7NO.2C6H5NO/c1-2-6-12-8-9(7-11)4-3-5-10;1-4-8(2,3)10-7-5-6-9;1-3-7(2)9-6-4-5-8;3*1-3-4-9-6-7(2)5-8;7-5-3-1-2-4-6-8;3*1-2-5-8-6-3-4-7/h1,9H,3-4,6,8H2;1H,5,7H2,2-3H3;2*1,7H,4,6H2,2H3;1,6H,4H2,2H3;1H,2,4,6H2;3-4H2;1H,3,5-6H2;2*1,3,6H,5H2/b;;;;7-6+;;;;2*6-3+. The number of hydrogen-bond donors (Lipinski definition) is 0. The van der Waals surface area contributed by atoms with Crippen molar-refractivity contribution in [2.45, 2.75) is 91.3 Å². The Bertz CT molecular complexity index is 2860. The largest absolute Gasteiger partial charge is 0.488 e. The van der Waals surface area contributed by atoms with Crippen molar-refractivity contribution in [3.05, 3.63) is 48.7 Å². The molecule has 0 bridgehead atoms. The molecule has 0 aliphatic rings. The average Bonchev–Trinajstić information content (AvgIpc) is 3.75. The van der Waals surface area contributed by atoms with Crippen LogP contribution in [0.15, 0.2) is 48.7 Å². The predicted molar refractivity (Wildman–Crippen MR) is 337 cm³/mol. The van der Waals surface area contributed by atoms with Crippen molar-refractivity contribution < 1.29 is 42.6 Å². The van der Waals surface area contributed by atoms with Gasteiger partial charge in [-0.05, 0) is 41.0 Å². The van der Waals surface area contributed by atoms with Crippen LogP contribution in [0.3, 0.4) is 0 Å². The van der Waals surface area contributed by atoms with Gasteiger partial charge in [0.2, 0.25) is 0 Å². The second-order valence-electron chi connectivity index (χ2n) is 14.9. The third-order valence-electron chi connectivity index (χ3n) is 6.94. The van der Waals surface area contributed by atoms with E-state index in [2.05, 4.69) is 87.2 Å². The molecule has 0 saturated carbocycles. The molecule has 0 aromatic rings. The lowest BCUT2D eigenvalue weighted by atomic mass is 10.1. The molecule has 0 aliphatic carbocycles. The maximum atomic E-state index is 8.56. The monoisotopic (exact) mass is 1210 g/mol. The Morgan fingerprint density at radius 1 is 0.500 bits per heavy atom. The fourth-order valence-electron chi connectivity index (χ4n) is 3.05. The SMILES string of the molecule is C#CC(C)(C)OCCC#N.C#CC(C)OCCC#N.C#CCO/C=C(\C)C#N.C#CCO/C=C/C#N.C#CCO/C=C/C#N.C#CCOCC(=C)C#N.C#CCOCC(C#N)CCC#N.C#CCOCC(C)C#N.C#CCOCCC#N.N#CCC#CCC#N. The number of hydrogen-bond acceptors (Lipinski definition) is 21. The van der Waals surface area contributed by atoms with Crippen molar-refractivity contribution in [3.63, 3.8) is 0 Å². The molecular formula is C69H74N12O9. The van der Waals surface area contributed by atoms with Crippen LogP contribution in [0.5, 0.6) is 0 Å². The smallest absolute Gasteiger partial charge is 0.147 e. The molecule has 21 nitrogen and oxygen atoms in total. The highest BCUT2D eigenvalue weighted by Crippen LogP contribution is 2.06. The molecule has 0 saturated heterocycles. The van der Waals surface area contributed by atoms with Crippen LogP contribution in [0.1, 0.15) is 79.6 Å². The van der Waals surface area contributed by atoms with Gasteiger partial charge in [0.1, 0.15) is 58.0 Å². The summed E-state index contributed by atoms with van der Waals surface area (Å²) in [5.74, 6) is 25.5. The number of allylic oxidation sites excluding steroid dienone is 3. The fraction of sp³-hybridized carbons (Fsp3) is 0.420. The fourth-order valence-corrected chi connectivity index (χ4v) is 3.05. The summed E-state index contributed by atoms with van der Waals surface area (Å²) in [6.45, 7) is 16.2. The van der Waals surface area contributed by atoms with Gasteiger partial charge in [-0.2, -0.15) is 63.1 Å². The van der Waals surface area contributed by atoms with Gasteiger partial charge in [0.15, 0.2) is 0 Å². The van der Waals surface area contributed by atoms with E-state index in [0.717, 1.165) is 0 Å². The van der Waals surface area contributed by atoms with Crippen molar-refractivity contribution >= 4 is 0 Å². The first-order chi connectivity index (χ1) is 43.4. The quantitative estimate of drug-likeness (QED) is 0.0338. The van der Waals surface area contributed by atoms with Crippen molar-refractivity contribution in [1.82, 2.24) is 0 Å². The second kappa shape index (κ2) is 102. The van der Waals surface area contributed by atoms with Crippen molar-refractivity contribution in [3.8, 4) is 196 Å². The topological polar surface area (TPSA) is 369 Å². The summed E-state index contributed by atoms with van der Waals surface area (Å²) in [7, 11) is 0. The Morgan fingerprint density at radius 2 is 0.933 bits per heavy atom. The molecule has 21 heteroatoms.